The minimum Gasteiger partial charge on any atom is -0.472 e. The zero-order valence-corrected chi connectivity index (χ0v) is 24.8. The monoisotopic (exact) mass is 586 g/mol. The third kappa shape index (κ3) is 3.62. The van der Waals surface area contributed by atoms with Crippen LogP contribution in [0.1, 0.15) is 71.8 Å². The predicted octanol–water partition coefficient (Wildman–Crippen LogP) is 2.99. The summed E-state index contributed by atoms with van der Waals surface area (Å²) < 4.78 is 35.8. The molecular formula is C31H38O11. The molecule has 3 aliphatic carbocycles. The molecule has 2 aliphatic heterocycles. The number of carbonyl (C=O) groups is 4. The van der Waals surface area contributed by atoms with E-state index in [4.69, 9.17) is 28.1 Å². The Balaban J connectivity index is 1.66. The number of esters is 3. The smallest absolute Gasteiger partial charge is 0.305 e. The lowest BCUT2D eigenvalue weighted by atomic mass is 9.49. The SMILES string of the molecule is COC(=O)C[C@H]1C(C)(C)O[C@]23OCC4=C5[C@H](O)C[C@@H](c6ccoc6)[C@]5(C)[C@@H](OC(C)=O)[C@H](OC(C)=O)[C@@H]4[C@@]12CCC3=O. The van der Waals surface area contributed by atoms with Crippen molar-refractivity contribution >= 4 is 23.7 Å². The van der Waals surface area contributed by atoms with Crippen LogP contribution in [0.25, 0.3) is 0 Å². The van der Waals surface area contributed by atoms with E-state index in [0.717, 1.165) is 5.56 Å². The minimum absolute atomic E-state index is 0.0656. The van der Waals surface area contributed by atoms with Crippen LogP contribution in [0, 0.1) is 22.7 Å². The number of carbonyl (C=O) groups excluding carboxylic acids is 4. The third-order valence-electron chi connectivity index (χ3n) is 10.8. The molecule has 1 aromatic rings. The fraction of sp³-hybridized carbons (Fsp3) is 0.677. The van der Waals surface area contributed by atoms with Crippen LogP contribution in [-0.2, 0) is 42.9 Å². The summed E-state index contributed by atoms with van der Waals surface area (Å²) >= 11 is 0. The molecule has 9 atom stereocenters. The molecule has 2 saturated carbocycles. The molecule has 0 unspecified atom stereocenters. The number of ether oxygens (including phenoxy) is 5. The van der Waals surface area contributed by atoms with E-state index in [1.165, 1.54) is 21.0 Å². The third-order valence-corrected chi connectivity index (χ3v) is 10.8. The maximum atomic E-state index is 13.8. The van der Waals surface area contributed by atoms with E-state index in [1.54, 1.807) is 12.5 Å². The molecule has 4 fully saturated rings. The van der Waals surface area contributed by atoms with Crippen LogP contribution in [-0.4, -0.2) is 72.2 Å². The van der Waals surface area contributed by atoms with E-state index < -0.39 is 70.3 Å². The molecule has 2 saturated heterocycles. The van der Waals surface area contributed by atoms with Crippen LogP contribution in [0.2, 0.25) is 0 Å². The van der Waals surface area contributed by atoms with Crippen molar-refractivity contribution in [2.45, 2.75) is 95.9 Å². The fourth-order valence-corrected chi connectivity index (χ4v) is 9.55. The van der Waals surface area contributed by atoms with Gasteiger partial charge in [-0.3, -0.25) is 19.2 Å². The first-order valence-electron chi connectivity index (χ1n) is 14.5. The van der Waals surface area contributed by atoms with Gasteiger partial charge in [-0.2, -0.15) is 0 Å². The fourth-order valence-electron chi connectivity index (χ4n) is 9.55. The molecule has 42 heavy (non-hydrogen) atoms. The Morgan fingerprint density at radius 3 is 2.45 bits per heavy atom. The molecule has 1 N–H and O–H groups in total. The molecule has 5 aliphatic rings. The van der Waals surface area contributed by atoms with E-state index >= 15 is 0 Å². The van der Waals surface area contributed by atoms with Gasteiger partial charge in [0, 0.05) is 48.9 Å². The number of methoxy groups -OCH3 is 1. The van der Waals surface area contributed by atoms with Crippen LogP contribution >= 0.6 is 0 Å². The van der Waals surface area contributed by atoms with Crippen molar-refractivity contribution in [1.29, 1.82) is 0 Å². The maximum Gasteiger partial charge on any atom is 0.305 e. The molecule has 11 heteroatoms. The highest BCUT2D eigenvalue weighted by atomic mass is 16.7. The number of aliphatic hydroxyl groups excluding tert-OH is 1. The van der Waals surface area contributed by atoms with Crippen molar-refractivity contribution in [3.05, 3.63) is 35.3 Å². The average Bonchev–Trinajstić information content (AvgIpc) is 3.64. The molecule has 11 nitrogen and oxygen atoms in total. The van der Waals surface area contributed by atoms with Gasteiger partial charge in [0.2, 0.25) is 5.79 Å². The molecule has 0 amide bonds. The van der Waals surface area contributed by atoms with Gasteiger partial charge in [0.05, 0.1) is 44.4 Å². The summed E-state index contributed by atoms with van der Waals surface area (Å²) in [5.74, 6) is -5.35. The number of hydrogen-bond donors (Lipinski definition) is 1. The predicted molar refractivity (Wildman–Crippen MR) is 142 cm³/mol. The summed E-state index contributed by atoms with van der Waals surface area (Å²) in [7, 11) is 1.30. The number of aliphatic hydroxyl groups is 1. The number of hydrogen-bond acceptors (Lipinski definition) is 11. The van der Waals surface area contributed by atoms with Crippen molar-refractivity contribution in [3.63, 3.8) is 0 Å². The van der Waals surface area contributed by atoms with E-state index in [1.807, 2.05) is 26.8 Å². The Bertz CT molecular complexity index is 1360. The van der Waals surface area contributed by atoms with Gasteiger partial charge in [-0.15, -0.1) is 0 Å². The summed E-state index contributed by atoms with van der Waals surface area (Å²) in [5.41, 5.74) is -1.09. The van der Waals surface area contributed by atoms with Gasteiger partial charge in [0.25, 0.3) is 0 Å². The summed E-state index contributed by atoms with van der Waals surface area (Å²) in [5, 5.41) is 11.7. The van der Waals surface area contributed by atoms with Crippen LogP contribution in [0.5, 0.6) is 0 Å². The quantitative estimate of drug-likeness (QED) is 0.308. The molecule has 6 rings (SSSR count). The molecule has 1 aromatic heterocycles. The van der Waals surface area contributed by atoms with E-state index in [9.17, 15) is 24.3 Å². The number of ketones is 1. The maximum absolute atomic E-state index is 13.8. The van der Waals surface area contributed by atoms with E-state index in [0.29, 0.717) is 17.6 Å². The Morgan fingerprint density at radius 2 is 1.83 bits per heavy atom. The molecular weight excluding hydrogens is 548 g/mol. The Morgan fingerprint density at radius 1 is 1.12 bits per heavy atom. The number of Topliss-reactive ketones (excluding diaryl/α,β-unsaturated/α-hetero) is 1. The second kappa shape index (κ2) is 9.49. The normalized spacial score (nSPS) is 41.5. The van der Waals surface area contributed by atoms with Crippen molar-refractivity contribution < 1.29 is 52.4 Å². The van der Waals surface area contributed by atoms with Gasteiger partial charge in [0.1, 0.15) is 12.2 Å². The largest absolute Gasteiger partial charge is 0.472 e. The zero-order chi connectivity index (χ0) is 30.4. The van der Waals surface area contributed by atoms with Crippen molar-refractivity contribution in [3.8, 4) is 0 Å². The first kappa shape index (κ1) is 29.1. The van der Waals surface area contributed by atoms with Gasteiger partial charge in [-0.05, 0) is 49.5 Å². The van der Waals surface area contributed by atoms with Gasteiger partial charge in [0.15, 0.2) is 5.78 Å². The summed E-state index contributed by atoms with van der Waals surface area (Å²) in [6.07, 6.45) is 0.719. The van der Waals surface area contributed by atoms with Crippen LogP contribution < -0.4 is 0 Å². The van der Waals surface area contributed by atoms with Gasteiger partial charge < -0.3 is 33.2 Å². The van der Waals surface area contributed by atoms with Crippen molar-refractivity contribution in [2.24, 2.45) is 22.7 Å². The number of furan rings is 1. The first-order valence-corrected chi connectivity index (χ1v) is 14.5. The molecule has 3 heterocycles. The van der Waals surface area contributed by atoms with Crippen LogP contribution in [0.15, 0.2) is 34.2 Å². The van der Waals surface area contributed by atoms with E-state index in [-0.39, 0.29) is 37.6 Å². The Kier molecular flexibility index (Phi) is 6.57. The molecule has 228 valence electrons. The summed E-state index contributed by atoms with van der Waals surface area (Å²) in [6, 6.07) is 1.81. The average molecular weight is 587 g/mol. The van der Waals surface area contributed by atoms with Crippen LogP contribution in [0.4, 0.5) is 0 Å². The Hall–Kier alpha value is -3.02. The van der Waals surface area contributed by atoms with Gasteiger partial charge in [-0.25, -0.2) is 0 Å². The molecule has 0 aromatic carbocycles. The zero-order valence-electron chi connectivity index (χ0n) is 24.8. The lowest BCUT2D eigenvalue weighted by molar-refractivity contribution is -0.284. The second-order valence-electron chi connectivity index (χ2n) is 13.1. The Labute approximate surface area is 243 Å². The molecule has 0 bridgehead atoms. The lowest BCUT2D eigenvalue weighted by Crippen LogP contribution is -2.67. The van der Waals surface area contributed by atoms with Crippen LogP contribution in [0.3, 0.4) is 0 Å². The number of fused-ring (bicyclic) bond motifs is 2. The second-order valence-corrected chi connectivity index (χ2v) is 13.1. The van der Waals surface area contributed by atoms with Gasteiger partial charge in [-0.1, -0.05) is 6.92 Å². The molecule has 0 radical (unpaired) electrons. The summed E-state index contributed by atoms with van der Waals surface area (Å²) in [4.78, 5) is 52.2. The minimum atomic E-state index is -1.72. The highest BCUT2D eigenvalue weighted by Gasteiger charge is 2.82. The van der Waals surface area contributed by atoms with E-state index in [2.05, 4.69) is 0 Å². The molecule has 0 spiro atoms. The lowest BCUT2D eigenvalue weighted by Gasteiger charge is -2.59. The topological polar surface area (TPSA) is 148 Å². The van der Waals surface area contributed by atoms with Crippen molar-refractivity contribution in [1.82, 2.24) is 0 Å². The number of rotatable bonds is 5. The summed E-state index contributed by atoms with van der Waals surface area (Å²) in [6.45, 7) is 8.04. The standard InChI is InChI=1S/C31H38O11/c1-15(32)40-26-25-18(24-20(34)11-19(17-8-10-38-13-17)29(24,5)27(26)41-16(2)33)14-39-31-22(35)7-9-30(25,31)21(12-23(36)37-6)28(3,4)42-31/h8,10,13,19-21,25-27,34H,7,9,11-12,14H2,1-6H3/t19-,20+,21-,25+,26+,27-,29-,30+,31-/m0/s1. The highest BCUT2D eigenvalue weighted by molar-refractivity contribution is 5.91. The highest BCUT2D eigenvalue weighted by Crippen LogP contribution is 2.74. The van der Waals surface area contributed by atoms with Crippen molar-refractivity contribution in [2.75, 3.05) is 13.7 Å². The van der Waals surface area contributed by atoms with Gasteiger partial charge >= 0.3 is 17.9 Å². The first-order chi connectivity index (χ1) is 19.7.